The van der Waals surface area contributed by atoms with E-state index >= 15 is 0 Å². The van der Waals surface area contributed by atoms with Crippen molar-refractivity contribution in [3.05, 3.63) is 91.2 Å². The van der Waals surface area contributed by atoms with Crippen molar-refractivity contribution in [1.82, 2.24) is 9.55 Å². The van der Waals surface area contributed by atoms with Crippen LogP contribution in [0, 0.1) is 12.7 Å². The number of ether oxygens (including phenoxy) is 1. The van der Waals surface area contributed by atoms with Crippen molar-refractivity contribution in [2.45, 2.75) is 20.0 Å². The number of nitrogens with two attached hydrogens (primary N) is 1. The first-order valence-corrected chi connectivity index (χ1v) is 11.3. The summed E-state index contributed by atoms with van der Waals surface area (Å²) in [6.07, 6.45) is 0. The summed E-state index contributed by atoms with van der Waals surface area (Å²) in [5.41, 5.74) is 5.85. The number of thiophene rings is 1. The molecule has 0 aliphatic rings. The lowest BCUT2D eigenvalue weighted by Gasteiger charge is -2.24. The highest BCUT2D eigenvalue weighted by Gasteiger charge is 2.29. The van der Waals surface area contributed by atoms with Crippen molar-refractivity contribution in [2.24, 2.45) is 0 Å². The molecule has 1 amide bonds. The van der Waals surface area contributed by atoms with Gasteiger partial charge >= 0.3 is 5.69 Å². The summed E-state index contributed by atoms with van der Waals surface area (Å²) in [7, 11) is 1.47. The Morgan fingerprint density at radius 2 is 1.91 bits per heavy atom. The first kappa shape index (κ1) is 23.4. The van der Waals surface area contributed by atoms with Crippen LogP contribution in [0.2, 0.25) is 0 Å². The number of benzene rings is 2. The summed E-state index contributed by atoms with van der Waals surface area (Å²) in [4.78, 5) is 42.9. The van der Waals surface area contributed by atoms with E-state index < -0.39 is 23.0 Å². The molecule has 4 rings (SSSR count). The van der Waals surface area contributed by atoms with Crippen molar-refractivity contribution in [1.29, 1.82) is 0 Å². The van der Waals surface area contributed by atoms with E-state index in [1.165, 1.54) is 18.1 Å². The van der Waals surface area contributed by atoms with Gasteiger partial charge < -0.3 is 10.5 Å². The summed E-state index contributed by atoms with van der Waals surface area (Å²) in [5.74, 6) is -1.10. The molecule has 34 heavy (non-hydrogen) atoms. The molecule has 2 aromatic heterocycles. The maximum absolute atomic E-state index is 14.5. The fourth-order valence-electron chi connectivity index (χ4n) is 3.84. The molecule has 2 heterocycles. The van der Waals surface area contributed by atoms with Gasteiger partial charge in [0.25, 0.3) is 11.5 Å². The highest BCUT2D eigenvalue weighted by molar-refractivity contribution is 7.21. The number of H-pyrrole nitrogens is 1. The number of methoxy groups -OCH3 is 1. The number of nitrogens with zero attached hydrogens (tertiary/aromatic N) is 2. The lowest BCUT2D eigenvalue weighted by molar-refractivity contribution is 0.0988. The van der Waals surface area contributed by atoms with E-state index in [0.717, 1.165) is 21.5 Å². The molecule has 0 aliphatic heterocycles. The number of aryl methyl sites for hydroxylation is 1. The monoisotopic (exact) mass is 482 g/mol. The van der Waals surface area contributed by atoms with E-state index in [2.05, 4.69) is 4.98 Å². The maximum atomic E-state index is 14.5. The molecular formula is C24H23FN4O4S. The van der Waals surface area contributed by atoms with Crippen LogP contribution in [0.25, 0.3) is 10.1 Å². The van der Waals surface area contributed by atoms with Crippen LogP contribution in [-0.2, 0) is 17.8 Å². The van der Waals surface area contributed by atoms with Gasteiger partial charge in [-0.1, -0.05) is 36.4 Å². The van der Waals surface area contributed by atoms with E-state index in [-0.39, 0.29) is 36.1 Å². The molecule has 0 bridgehead atoms. The average Bonchev–Trinajstić information content (AvgIpc) is 3.16. The van der Waals surface area contributed by atoms with Gasteiger partial charge in [0.2, 0.25) is 0 Å². The van der Waals surface area contributed by atoms with E-state index in [9.17, 15) is 18.8 Å². The van der Waals surface area contributed by atoms with Gasteiger partial charge in [-0.05, 0) is 30.2 Å². The molecule has 2 aromatic carbocycles. The highest BCUT2D eigenvalue weighted by atomic mass is 32.1. The molecule has 0 atom stereocenters. The van der Waals surface area contributed by atoms with Gasteiger partial charge in [-0.15, -0.1) is 11.3 Å². The van der Waals surface area contributed by atoms with Gasteiger partial charge in [-0.25, -0.2) is 9.18 Å². The molecule has 8 nitrogen and oxygen atoms in total. The molecule has 0 aliphatic carbocycles. The van der Waals surface area contributed by atoms with Crippen molar-refractivity contribution in [3.8, 4) is 0 Å². The number of aromatic amines is 1. The molecule has 0 radical (unpaired) electrons. The first-order valence-electron chi connectivity index (χ1n) is 10.5. The quantitative estimate of drug-likeness (QED) is 0.420. The minimum atomic E-state index is -0.787. The van der Waals surface area contributed by atoms with E-state index in [4.69, 9.17) is 10.5 Å². The number of nitrogens with one attached hydrogen (secondary N) is 1. The van der Waals surface area contributed by atoms with Crippen LogP contribution in [0.3, 0.4) is 0 Å². The van der Waals surface area contributed by atoms with Crippen molar-refractivity contribution < 1.29 is 13.9 Å². The number of halogens is 1. The van der Waals surface area contributed by atoms with Crippen LogP contribution < -0.4 is 21.9 Å². The largest absolute Gasteiger partial charge is 0.383 e. The summed E-state index contributed by atoms with van der Waals surface area (Å²) in [5, 5.41) is 0.363. The van der Waals surface area contributed by atoms with Gasteiger partial charge in [0.15, 0.2) is 5.69 Å². The fraction of sp³-hybridized carbons (Fsp3) is 0.208. The Morgan fingerprint density at radius 3 is 2.59 bits per heavy atom. The number of aromatic nitrogens is 2. The number of hydrogen-bond donors (Lipinski definition) is 2. The predicted molar refractivity (Wildman–Crippen MR) is 131 cm³/mol. The number of rotatable bonds is 7. The minimum Gasteiger partial charge on any atom is -0.383 e. The van der Waals surface area contributed by atoms with E-state index in [1.807, 2.05) is 30.3 Å². The minimum absolute atomic E-state index is 0.0194. The SMILES string of the molecule is COCCn1c(N)c(N(Cc2ccccc2)C(=O)c2sc3cccc(F)c3c2C)c(=O)[nH]c1=O. The van der Waals surface area contributed by atoms with Gasteiger partial charge in [0.05, 0.1) is 24.6 Å². The van der Waals surface area contributed by atoms with Crippen molar-refractivity contribution >= 4 is 38.8 Å². The summed E-state index contributed by atoms with van der Waals surface area (Å²) < 4.78 is 21.3. The third-order valence-corrected chi connectivity index (χ3v) is 6.77. The van der Waals surface area contributed by atoms with Crippen LogP contribution >= 0.6 is 11.3 Å². The van der Waals surface area contributed by atoms with E-state index in [1.54, 1.807) is 19.1 Å². The average molecular weight is 483 g/mol. The van der Waals surface area contributed by atoms with Crippen LogP contribution in [0.5, 0.6) is 0 Å². The Balaban J connectivity index is 1.91. The molecule has 3 N–H and O–H groups in total. The van der Waals surface area contributed by atoms with Gasteiger partial charge in [-0.3, -0.25) is 24.0 Å². The standard InChI is InChI=1S/C24H23FN4O4S/c1-14-18-16(25)9-6-10-17(18)34-20(14)23(31)29(13-15-7-4-3-5-8-15)19-21(26)28(11-12-33-2)24(32)27-22(19)30/h3-10H,11-13,26H2,1-2H3,(H,27,30,32). The molecular weight excluding hydrogens is 459 g/mol. The first-order chi connectivity index (χ1) is 16.3. The third kappa shape index (κ3) is 4.25. The number of carbonyl (C=O) groups excluding carboxylic acids is 1. The maximum Gasteiger partial charge on any atom is 0.330 e. The highest BCUT2D eigenvalue weighted by Crippen LogP contribution is 2.34. The molecule has 0 saturated carbocycles. The summed E-state index contributed by atoms with van der Waals surface area (Å²) in [6.45, 7) is 1.96. The Labute approximate surface area is 198 Å². The number of hydrogen-bond acceptors (Lipinski definition) is 6. The van der Waals surface area contributed by atoms with Gasteiger partial charge in [0.1, 0.15) is 11.6 Å². The van der Waals surface area contributed by atoms with Gasteiger partial charge in [0, 0.05) is 17.2 Å². The number of anilines is 2. The van der Waals surface area contributed by atoms with E-state index in [0.29, 0.717) is 15.6 Å². The zero-order valence-electron chi connectivity index (χ0n) is 18.6. The summed E-state index contributed by atoms with van der Waals surface area (Å²) >= 11 is 1.14. The second-order valence-electron chi connectivity index (χ2n) is 7.68. The normalized spacial score (nSPS) is 11.1. The van der Waals surface area contributed by atoms with Crippen LogP contribution in [0.15, 0.2) is 58.1 Å². The Bertz CT molecular complexity index is 1480. The Morgan fingerprint density at radius 1 is 1.18 bits per heavy atom. The van der Waals surface area contributed by atoms with Crippen LogP contribution in [0.1, 0.15) is 20.8 Å². The summed E-state index contributed by atoms with van der Waals surface area (Å²) in [6, 6.07) is 13.7. The molecule has 0 fully saturated rings. The third-order valence-electron chi connectivity index (χ3n) is 5.53. The second kappa shape index (κ2) is 9.62. The number of fused-ring (bicyclic) bond motifs is 1. The Kier molecular flexibility index (Phi) is 6.62. The molecule has 10 heteroatoms. The number of amides is 1. The number of carbonyl (C=O) groups is 1. The zero-order valence-corrected chi connectivity index (χ0v) is 19.4. The molecule has 176 valence electrons. The molecule has 0 saturated heterocycles. The molecule has 0 unspecified atom stereocenters. The molecule has 0 spiro atoms. The zero-order chi connectivity index (χ0) is 24.4. The second-order valence-corrected chi connectivity index (χ2v) is 8.74. The van der Waals surface area contributed by atoms with Crippen molar-refractivity contribution in [3.63, 3.8) is 0 Å². The molecule has 4 aromatic rings. The van der Waals surface area contributed by atoms with Crippen molar-refractivity contribution in [2.75, 3.05) is 24.4 Å². The lowest BCUT2D eigenvalue weighted by Crippen LogP contribution is -2.41. The van der Waals surface area contributed by atoms with Crippen LogP contribution in [-0.4, -0.2) is 29.2 Å². The van der Waals surface area contributed by atoms with Gasteiger partial charge in [-0.2, -0.15) is 0 Å². The van der Waals surface area contributed by atoms with Crippen LogP contribution in [0.4, 0.5) is 15.9 Å². The Hall–Kier alpha value is -3.76. The number of nitrogen functional groups attached to an aromatic ring is 1. The smallest absolute Gasteiger partial charge is 0.330 e. The fourth-order valence-corrected chi connectivity index (χ4v) is 5.01. The lowest BCUT2D eigenvalue weighted by atomic mass is 10.1. The topological polar surface area (TPSA) is 110 Å². The predicted octanol–water partition coefficient (Wildman–Crippen LogP) is 3.27.